The van der Waals surface area contributed by atoms with E-state index in [2.05, 4.69) is 15.0 Å². The number of benzene rings is 2. The number of hydrogen-bond donors (Lipinski definition) is 2. The number of nitrogens with two attached hydrogens (primary N) is 1. The first-order valence-electron chi connectivity index (χ1n) is 10.7. The molecule has 2 aromatic heterocycles. The van der Waals surface area contributed by atoms with Crippen LogP contribution in [0.1, 0.15) is 32.6 Å². The fourth-order valence-corrected chi connectivity index (χ4v) is 3.76. The summed E-state index contributed by atoms with van der Waals surface area (Å²) in [6, 6.07) is 9.70. The molecule has 38 heavy (non-hydrogen) atoms. The molecular formula is C25H15F7N4O2. The van der Waals surface area contributed by atoms with Gasteiger partial charge in [0.1, 0.15) is 11.6 Å². The van der Waals surface area contributed by atoms with Gasteiger partial charge in [-0.3, -0.25) is 14.6 Å². The van der Waals surface area contributed by atoms with Gasteiger partial charge in [-0.1, -0.05) is 24.3 Å². The number of carbonyl (C=O) groups is 1. The van der Waals surface area contributed by atoms with Crippen LogP contribution in [0.5, 0.6) is 0 Å². The molecule has 0 saturated heterocycles. The molecule has 3 N–H and O–H groups in total. The van der Waals surface area contributed by atoms with Gasteiger partial charge in [0.05, 0.1) is 28.1 Å². The van der Waals surface area contributed by atoms with Crippen molar-refractivity contribution >= 4 is 5.91 Å². The van der Waals surface area contributed by atoms with Gasteiger partial charge >= 0.3 is 12.4 Å². The Balaban J connectivity index is 1.87. The molecule has 0 aliphatic heterocycles. The molecule has 0 fully saturated rings. The molecule has 196 valence electrons. The molecule has 4 aromatic rings. The Morgan fingerprint density at radius 2 is 1.61 bits per heavy atom. The van der Waals surface area contributed by atoms with Crippen LogP contribution in [0, 0.1) is 5.82 Å². The highest BCUT2D eigenvalue weighted by molar-refractivity contribution is 5.94. The monoisotopic (exact) mass is 536 g/mol. The fourth-order valence-electron chi connectivity index (χ4n) is 3.76. The van der Waals surface area contributed by atoms with Crippen molar-refractivity contribution in [2.75, 3.05) is 0 Å². The van der Waals surface area contributed by atoms with Gasteiger partial charge in [-0.25, -0.2) is 9.37 Å². The van der Waals surface area contributed by atoms with Crippen molar-refractivity contribution in [1.82, 2.24) is 15.0 Å². The van der Waals surface area contributed by atoms with Crippen molar-refractivity contribution in [2.45, 2.75) is 18.8 Å². The standard InChI is InChI=1S/C25H15F7N4O2/c26-21-13(9-12-3-1-2-4-15(12)22(33)38)5-7-16(25(30,31)32)20(21)23-35-18(10-19(37)36-23)17-8-6-14(11-34-17)24(27,28)29/h1-8,10-11H,9H2,(H2,33,38)(H,35,36,37). The summed E-state index contributed by atoms with van der Waals surface area (Å²) < 4.78 is 95.8. The van der Waals surface area contributed by atoms with Crippen LogP contribution >= 0.6 is 0 Å². The maximum absolute atomic E-state index is 15.7. The lowest BCUT2D eigenvalue weighted by atomic mass is 9.95. The largest absolute Gasteiger partial charge is 0.417 e. The topological polar surface area (TPSA) is 102 Å². The molecule has 0 bridgehead atoms. The van der Waals surface area contributed by atoms with Crippen molar-refractivity contribution in [3.8, 4) is 22.8 Å². The smallest absolute Gasteiger partial charge is 0.366 e. The molecule has 0 radical (unpaired) electrons. The molecule has 6 nitrogen and oxygen atoms in total. The zero-order chi connectivity index (χ0) is 27.8. The zero-order valence-corrected chi connectivity index (χ0v) is 18.9. The Bertz CT molecular complexity index is 1580. The molecule has 0 saturated carbocycles. The fraction of sp³-hybridized carbons (Fsp3) is 0.120. The van der Waals surface area contributed by atoms with Gasteiger partial charge in [0, 0.05) is 24.2 Å². The number of aromatic nitrogens is 3. The van der Waals surface area contributed by atoms with E-state index in [0.29, 0.717) is 18.3 Å². The Kier molecular flexibility index (Phi) is 6.78. The van der Waals surface area contributed by atoms with Crippen LogP contribution in [-0.4, -0.2) is 20.9 Å². The number of nitrogens with one attached hydrogen (secondary N) is 1. The second kappa shape index (κ2) is 9.72. The number of pyridine rings is 1. The number of nitrogens with zero attached hydrogens (tertiary/aromatic N) is 2. The zero-order valence-electron chi connectivity index (χ0n) is 18.9. The lowest BCUT2D eigenvalue weighted by molar-refractivity contribution is -0.138. The molecular weight excluding hydrogens is 521 g/mol. The first kappa shape index (κ1) is 26.5. The average Bonchev–Trinajstić information content (AvgIpc) is 2.84. The Labute approximate surface area is 209 Å². The number of hydrogen-bond acceptors (Lipinski definition) is 4. The van der Waals surface area contributed by atoms with Crippen LogP contribution in [0.25, 0.3) is 22.8 Å². The van der Waals surface area contributed by atoms with Crippen LogP contribution in [0.4, 0.5) is 30.7 Å². The number of primary amides is 1. The highest BCUT2D eigenvalue weighted by Crippen LogP contribution is 2.39. The molecule has 0 spiro atoms. The number of amides is 1. The van der Waals surface area contributed by atoms with Crippen LogP contribution < -0.4 is 11.3 Å². The highest BCUT2D eigenvalue weighted by Gasteiger charge is 2.37. The van der Waals surface area contributed by atoms with Gasteiger partial charge in [-0.05, 0) is 35.4 Å². The molecule has 13 heteroatoms. The molecule has 0 aliphatic carbocycles. The summed E-state index contributed by atoms with van der Waals surface area (Å²) in [6.07, 6.45) is -9.62. The number of rotatable bonds is 5. The summed E-state index contributed by atoms with van der Waals surface area (Å²) in [5.41, 5.74) is 0.0771. The van der Waals surface area contributed by atoms with E-state index < -0.39 is 52.2 Å². The summed E-state index contributed by atoms with van der Waals surface area (Å²) in [5.74, 6) is -3.01. The first-order chi connectivity index (χ1) is 17.8. The minimum atomic E-state index is -5.07. The van der Waals surface area contributed by atoms with Crippen molar-refractivity contribution < 1.29 is 35.5 Å². The summed E-state index contributed by atoms with van der Waals surface area (Å²) in [6.45, 7) is 0. The predicted octanol–water partition coefficient (Wildman–Crippen LogP) is 5.37. The lowest BCUT2D eigenvalue weighted by Crippen LogP contribution is -2.16. The first-order valence-corrected chi connectivity index (χ1v) is 10.7. The highest BCUT2D eigenvalue weighted by atomic mass is 19.4. The van der Waals surface area contributed by atoms with Gasteiger partial charge in [-0.15, -0.1) is 0 Å². The van der Waals surface area contributed by atoms with E-state index in [-0.39, 0.29) is 34.5 Å². The SMILES string of the molecule is NC(=O)c1ccccc1Cc1ccc(C(F)(F)F)c(-c2nc(-c3ccc(C(F)(F)F)cn3)cc(=O)[nH]2)c1F. The number of H-pyrrole nitrogens is 1. The molecule has 4 rings (SSSR count). The summed E-state index contributed by atoms with van der Waals surface area (Å²) in [4.78, 5) is 33.5. The second-order valence-electron chi connectivity index (χ2n) is 8.07. The summed E-state index contributed by atoms with van der Waals surface area (Å²) in [7, 11) is 0. The molecule has 2 aromatic carbocycles. The minimum Gasteiger partial charge on any atom is -0.366 e. The van der Waals surface area contributed by atoms with E-state index in [4.69, 9.17) is 5.73 Å². The van der Waals surface area contributed by atoms with Crippen molar-refractivity contribution in [3.05, 3.63) is 105 Å². The number of halogens is 7. The lowest BCUT2D eigenvalue weighted by Gasteiger charge is -2.17. The molecule has 0 aliphatic rings. The Hall–Kier alpha value is -4.55. The van der Waals surface area contributed by atoms with Crippen LogP contribution in [0.3, 0.4) is 0 Å². The third kappa shape index (κ3) is 5.41. The Morgan fingerprint density at radius 1 is 0.895 bits per heavy atom. The van der Waals surface area contributed by atoms with E-state index in [1.54, 1.807) is 0 Å². The average molecular weight is 536 g/mol. The quantitative estimate of drug-likeness (QED) is 0.335. The molecule has 0 unspecified atom stereocenters. The summed E-state index contributed by atoms with van der Waals surface area (Å²) in [5, 5.41) is 0. The van der Waals surface area contributed by atoms with Gasteiger partial charge in [0.15, 0.2) is 0 Å². The maximum Gasteiger partial charge on any atom is 0.417 e. The van der Waals surface area contributed by atoms with E-state index in [0.717, 1.165) is 18.2 Å². The molecule has 1 amide bonds. The van der Waals surface area contributed by atoms with Gasteiger partial charge in [-0.2, -0.15) is 26.3 Å². The van der Waals surface area contributed by atoms with Gasteiger partial charge in [0.2, 0.25) is 5.91 Å². The Morgan fingerprint density at radius 3 is 2.21 bits per heavy atom. The second-order valence-corrected chi connectivity index (χ2v) is 8.07. The maximum atomic E-state index is 15.7. The van der Waals surface area contributed by atoms with Crippen molar-refractivity contribution in [2.24, 2.45) is 5.73 Å². The predicted molar refractivity (Wildman–Crippen MR) is 121 cm³/mol. The molecule has 0 atom stereocenters. The molecule has 2 heterocycles. The van der Waals surface area contributed by atoms with Crippen LogP contribution in [-0.2, 0) is 18.8 Å². The van der Waals surface area contributed by atoms with Gasteiger partial charge in [0.25, 0.3) is 5.56 Å². The van der Waals surface area contributed by atoms with Crippen LogP contribution in [0.2, 0.25) is 0 Å². The van der Waals surface area contributed by atoms with E-state index in [1.165, 1.54) is 24.3 Å². The number of alkyl halides is 6. The number of aromatic amines is 1. The minimum absolute atomic E-state index is 0.0373. The van der Waals surface area contributed by atoms with E-state index >= 15 is 4.39 Å². The summed E-state index contributed by atoms with van der Waals surface area (Å²) >= 11 is 0. The van der Waals surface area contributed by atoms with Crippen molar-refractivity contribution in [1.29, 1.82) is 0 Å². The van der Waals surface area contributed by atoms with E-state index in [9.17, 15) is 35.9 Å². The number of carbonyl (C=O) groups excluding carboxylic acids is 1. The third-order valence-electron chi connectivity index (χ3n) is 5.52. The normalized spacial score (nSPS) is 12.0. The third-order valence-corrected chi connectivity index (χ3v) is 5.52. The van der Waals surface area contributed by atoms with Crippen molar-refractivity contribution in [3.63, 3.8) is 0 Å². The van der Waals surface area contributed by atoms with E-state index in [1.807, 2.05) is 0 Å². The van der Waals surface area contributed by atoms with Gasteiger partial charge < -0.3 is 10.7 Å². The van der Waals surface area contributed by atoms with Crippen LogP contribution in [0.15, 0.2) is 65.6 Å².